The molecule has 0 N–H and O–H groups in total. The van der Waals surface area contributed by atoms with Gasteiger partial charge in [0.1, 0.15) is 11.3 Å². The predicted octanol–water partition coefficient (Wildman–Crippen LogP) is 3.55. The number of aromatic nitrogens is 2. The lowest BCUT2D eigenvalue weighted by molar-refractivity contribution is 0.413. The molecular weight excluding hydrogens is 280 g/mol. The third-order valence-corrected chi connectivity index (χ3v) is 3.40. The number of hydrogen-bond donors (Lipinski definition) is 0. The maximum Gasteiger partial charge on any atom is 0.135 e. The summed E-state index contributed by atoms with van der Waals surface area (Å²) in [5.74, 6) is 0.766. The molecule has 4 heteroatoms. The van der Waals surface area contributed by atoms with Gasteiger partial charge in [-0.3, -0.25) is 0 Å². The van der Waals surface area contributed by atoms with Crippen molar-refractivity contribution in [2.24, 2.45) is 0 Å². The number of ether oxygens (including phenoxy) is 1. The Morgan fingerprint density at radius 1 is 0.941 bits per heavy atom. The van der Waals surface area contributed by atoms with Crippen molar-refractivity contribution in [2.75, 3.05) is 7.11 Å². The Morgan fingerprint density at radius 2 is 1.65 bits per heavy atom. The van der Waals surface area contributed by atoms with Crippen LogP contribution in [0.2, 0.25) is 0 Å². The largest absolute Gasteiger partial charge is 0.495 e. The van der Waals surface area contributed by atoms with E-state index < -0.39 is 0 Å². The third kappa shape index (κ3) is 1.65. The van der Waals surface area contributed by atoms with Gasteiger partial charge in [0.25, 0.3) is 0 Å². The van der Waals surface area contributed by atoms with E-state index in [9.17, 15) is 0 Å². The van der Waals surface area contributed by atoms with E-state index in [0.29, 0.717) is 0 Å². The SMILES string of the molecule is COc1ccc2nc3ccccc3nc2c1Br. The molecule has 2 aromatic carbocycles. The molecule has 0 unspecified atom stereocenters. The number of nitrogens with zero attached hydrogens (tertiary/aromatic N) is 2. The van der Waals surface area contributed by atoms with Gasteiger partial charge in [-0.05, 0) is 40.2 Å². The average molecular weight is 289 g/mol. The molecule has 0 aliphatic rings. The van der Waals surface area contributed by atoms with Gasteiger partial charge in [-0.15, -0.1) is 0 Å². The Morgan fingerprint density at radius 3 is 2.35 bits per heavy atom. The van der Waals surface area contributed by atoms with Crippen LogP contribution in [0, 0.1) is 0 Å². The first kappa shape index (κ1) is 10.5. The van der Waals surface area contributed by atoms with Crippen LogP contribution in [0.15, 0.2) is 40.9 Å². The lowest BCUT2D eigenvalue weighted by Crippen LogP contribution is -1.91. The maximum absolute atomic E-state index is 5.25. The summed E-state index contributed by atoms with van der Waals surface area (Å²) >= 11 is 3.50. The van der Waals surface area contributed by atoms with E-state index in [4.69, 9.17) is 4.74 Å². The van der Waals surface area contributed by atoms with Gasteiger partial charge in [0.2, 0.25) is 0 Å². The van der Waals surface area contributed by atoms with Crippen molar-refractivity contribution >= 4 is 38.0 Å². The Hall–Kier alpha value is -1.68. The van der Waals surface area contributed by atoms with Gasteiger partial charge in [0, 0.05) is 0 Å². The lowest BCUT2D eigenvalue weighted by atomic mass is 10.2. The van der Waals surface area contributed by atoms with Gasteiger partial charge in [-0.25, -0.2) is 9.97 Å². The number of halogens is 1. The summed E-state index contributed by atoms with van der Waals surface area (Å²) in [4.78, 5) is 9.16. The summed E-state index contributed by atoms with van der Waals surface area (Å²) in [6.07, 6.45) is 0. The van der Waals surface area contributed by atoms with Crippen LogP contribution in [0.4, 0.5) is 0 Å². The number of para-hydroxylation sites is 2. The zero-order valence-corrected chi connectivity index (χ0v) is 10.7. The van der Waals surface area contributed by atoms with Crippen molar-refractivity contribution in [3.05, 3.63) is 40.9 Å². The Labute approximate surface area is 107 Å². The van der Waals surface area contributed by atoms with Gasteiger partial charge in [0.15, 0.2) is 0 Å². The molecule has 0 aliphatic heterocycles. The average Bonchev–Trinajstić information content (AvgIpc) is 2.37. The van der Waals surface area contributed by atoms with E-state index in [-0.39, 0.29) is 0 Å². The Kier molecular flexibility index (Phi) is 2.44. The summed E-state index contributed by atoms with van der Waals surface area (Å²) in [5, 5.41) is 0. The highest BCUT2D eigenvalue weighted by Crippen LogP contribution is 2.31. The molecule has 84 valence electrons. The first-order chi connectivity index (χ1) is 8.29. The monoisotopic (exact) mass is 288 g/mol. The van der Waals surface area contributed by atoms with Crippen molar-refractivity contribution < 1.29 is 4.74 Å². The topological polar surface area (TPSA) is 35.0 Å². The summed E-state index contributed by atoms with van der Waals surface area (Å²) in [7, 11) is 1.64. The highest BCUT2D eigenvalue weighted by Gasteiger charge is 2.08. The zero-order chi connectivity index (χ0) is 11.8. The fourth-order valence-corrected chi connectivity index (χ4v) is 2.38. The van der Waals surface area contributed by atoms with Crippen molar-refractivity contribution in [3.8, 4) is 5.75 Å². The number of hydrogen-bond acceptors (Lipinski definition) is 3. The van der Waals surface area contributed by atoms with Crippen molar-refractivity contribution in [3.63, 3.8) is 0 Å². The summed E-state index contributed by atoms with van der Waals surface area (Å²) in [6, 6.07) is 11.6. The molecule has 0 amide bonds. The van der Waals surface area contributed by atoms with Crippen LogP contribution >= 0.6 is 15.9 Å². The third-order valence-electron chi connectivity index (χ3n) is 2.63. The van der Waals surface area contributed by atoms with E-state index in [1.54, 1.807) is 7.11 Å². The molecule has 0 spiro atoms. The van der Waals surface area contributed by atoms with E-state index in [1.807, 2.05) is 36.4 Å². The normalized spacial score (nSPS) is 10.9. The summed E-state index contributed by atoms with van der Waals surface area (Å²) < 4.78 is 6.09. The van der Waals surface area contributed by atoms with Gasteiger partial charge in [0.05, 0.1) is 28.1 Å². The Balaban J connectivity index is 2.44. The van der Waals surface area contributed by atoms with Crippen LogP contribution in [0.3, 0.4) is 0 Å². The molecule has 0 radical (unpaired) electrons. The molecule has 0 aliphatic carbocycles. The van der Waals surface area contributed by atoms with Crippen LogP contribution in [0.1, 0.15) is 0 Å². The standard InChI is InChI=1S/C13H9BrN2O/c1-17-11-7-6-10-13(12(11)14)16-9-5-3-2-4-8(9)15-10/h2-7H,1H3. The van der Waals surface area contributed by atoms with E-state index >= 15 is 0 Å². The quantitative estimate of drug-likeness (QED) is 0.642. The van der Waals surface area contributed by atoms with Gasteiger partial charge in [-0.2, -0.15) is 0 Å². The van der Waals surface area contributed by atoms with Crippen molar-refractivity contribution in [2.45, 2.75) is 0 Å². The second-order valence-corrected chi connectivity index (χ2v) is 4.45. The second kappa shape index (κ2) is 3.96. The highest BCUT2D eigenvalue weighted by molar-refractivity contribution is 9.10. The molecule has 3 nitrogen and oxygen atoms in total. The fourth-order valence-electron chi connectivity index (χ4n) is 1.79. The molecule has 1 heterocycles. The molecule has 1 aromatic heterocycles. The number of rotatable bonds is 1. The number of methoxy groups -OCH3 is 1. The van der Waals surface area contributed by atoms with Crippen LogP contribution in [-0.2, 0) is 0 Å². The molecule has 0 saturated carbocycles. The molecule has 17 heavy (non-hydrogen) atoms. The van der Waals surface area contributed by atoms with Crippen LogP contribution in [-0.4, -0.2) is 17.1 Å². The van der Waals surface area contributed by atoms with Crippen LogP contribution in [0.25, 0.3) is 22.1 Å². The van der Waals surface area contributed by atoms with E-state index in [0.717, 1.165) is 32.3 Å². The van der Waals surface area contributed by atoms with Crippen LogP contribution in [0.5, 0.6) is 5.75 Å². The highest BCUT2D eigenvalue weighted by atomic mass is 79.9. The summed E-state index contributed by atoms with van der Waals surface area (Å²) in [6.45, 7) is 0. The zero-order valence-electron chi connectivity index (χ0n) is 9.14. The molecule has 0 fully saturated rings. The van der Waals surface area contributed by atoms with Gasteiger partial charge < -0.3 is 4.74 Å². The molecule has 0 bridgehead atoms. The first-order valence-corrected chi connectivity index (χ1v) is 5.98. The first-order valence-electron chi connectivity index (χ1n) is 5.18. The van der Waals surface area contributed by atoms with Crippen molar-refractivity contribution in [1.29, 1.82) is 0 Å². The second-order valence-electron chi connectivity index (χ2n) is 3.66. The van der Waals surface area contributed by atoms with Crippen molar-refractivity contribution in [1.82, 2.24) is 9.97 Å². The molecule has 0 atom stereocenters. The smallest absolute Gasteiger partial charge is 0.135 e. The molecular formula is C13H9BrN2O. The number of fused-ring (bicyclic) bond motifs is 2. The minimum atomic E-state index is 0.766. The minimum absolute atomic E-state index is 0.766. The minimum Gasteiger partial charge on any atom is -0.495 e. The molecule has 3 aromatic rings. The molecule has 0 saturated heterocycles. The van der Waals surface area contributed by atoms with E-state index in [2.05, 4.69) is 25.9 Å². The summed E-state index contributed by atoms with van der Waals surface area (Å²) in [5.41, 5.74) is 3.46. The lowest BCUT2D eigenvalue weighted by Gasteiger charge is -2.06. The van der Waals surface area contributed by atoms with E-state index in [1.165, 1.54) is 0 Å². The fraction of sp³-hybridized carbons (Fsp3) is 0.0769. The molecule has 3 rings (SSSR count). The van der Waals surface area contributed by atoms with Crippen LogP contribution < -0.4 is 4.74 Å². The number of benzene rings is 2. The maximum atomic E-state index is 5.25. The van der Waals surface area contributed by atoms with Gasteiger partial charge >= 0.3 is 0 Å². The Bertz CT molecular complexity index is 712. The predicted molar refractivity (Wildman–Crippen MR) is 71.3 cm³/mol. The van der Waals surface area contributed by atoms with Gasteiger partial charge in [-0.1, -0.05) is 12.1 Å².